The van der Waals surface area contributed by atoms with Crippen LogP contribution in [0, 0.1) is 0 Å². The van der Waals surface area contributed by atoms with Crippen LogP contribution in [0.4, 0.5) is 0 Å². The van der Waals surface area contributed by atoms with E-state index in [1.165, 1.54) is 0 Å². The Morgan fingerprint density at radius 1 is 1.29 bits per heavy atom. The normalized spacial score (nSPS) is 23.9. The number of hydrogen-bond donors (Lipinski definition) is 2. The van der Waals surface area contributed by atoms with Gasteiger partial charge in [-0.05, 0) is 33.0 Å². The smallest absolute Gasteiger partial charge is 0.0678 e. The molecule has 4 nitrogen and oxygen atoms in total. The van der Waals surface area contributed by atoms with Crippen LogP contribution in [0.15, 0.2) is 30.3 Å². The molecule has 0 radical (unpaired) electrons. The summed E-state index contributed by atoms with van der Waals surface area (Å²) < 4.78 is 0. The Bertz CT molecular complexity index is 419. The Labute approximate surface area is 128 Å². The number of piperazine rings is 1. The summed E-state index contributed by atoms with van der Waals surface area (Å²) >= 11 is 0. The van der Waals surface area contributed by atoms with Crippen LogP contribution in [0.25, 0.3) is 0 Å². The molecule has 1 heterocycles. The van der Waals surface area contributed by atoms with Crippen LogP contribution < -0.4 is 5.32 Å². The van der Waals surface area contributed by atoms with Crippen LogP contribution in [-0.4, -0.2) is 67.8 Å². The van der Waals surface area contributed by atoms with Crippen LogP contribution in [0.1, 0.15) is 18.9 Å². The zero-order chi connectivity index (χ0) is 15.3. The number of nitrogens with one attached hydrogen (secondary N) is 1. The van der Waals surface area contributed by atoms with Gasteiger partial charge in [-0.3, -0.25) is 0 Å². The van der Waals surface area contributed by atoms with Crippen LogP contribution in [-0.2, 0) is 5.54 Å². The first-order valence-electron chi connectivity index (χ1n) is 7.89. The van der Waals surface area contributed by atoms with Crippen LogP contribution in [0.3, 0.4) is 0 Å². The van der Waals surface area contributed by atoms with E-state index in [0.29, 0.717) is 6.04 Å². The maximum Gasteiger partial charge on any atom is 0.0678 e. The molecular formula is C17H29N3O. The minimum absolute atomic E-state index is 0.122. The van der Waals surface area contributed by atoms with E-state index in [0.717, 1.165) is 38.2 Å². The molecule has 2 rings (SSSR count). The second kappa shape index (κ2) is 7.36. The molecule has 2 atom stereocenters. The molecular weight excluding hydrogens is 262 g/mol. The SMILES string of the molecule is CNC(CO)(CCN1CCN(C)C(C)C1)c1ccccc1. The summed E-state index contributed by atoms with van der Waals surface area (Å²) in [6.45, 7) is 6.75. The maximum atomic E-state index is 9.96. The fourth-order valence-corrected chi connectivity index (χ4v) is 3.10. The Hall–Kier alpha value is -0.940. The van der Waals surface area contributed by atoms with Gasteiger partial charge in [-0.2, -0.15) is 0 Å². The molecule has 118 valence electrons. The number of likely N-dealkylation sites (N-methyl/N-ethyl adjacent to an activating group) is 2. The minimum Gasteiger partial charge on any atom is -0.394 e. The molecule has 1 aliphatic rings. The van der Waals surface area contributed by atoms with Gasteiger partial charge in [0.05, 0.1) is 12.1 Å². The van der Waals surface area contributed by atoms with E-state index < -0.39 is 0 Å². The molecule has 0 aliphatic carbocycles. The summed E-state index contributed by atoms with van der Waals surface area (Å²) in [7, 11) is 4.13. The molecule has 0 bridgehead atoms. The lowest BCUT2D eigenvalue weighted by atomic mass is 9.87. The van der Waals surface area contributed by atoms with E-state index in [1.54, 1.807) is 0 Å². The maximum absolute atomic E-state index is 9.96. The molecule has 21 heavy (non-hydrogen) atoms. The molecule has 0 aromatic heterocycles. The number of benzene rings is 1. The summed E-state index contributed by atoms with van der Waals surface area (Å²) in [5.41, 5.74) is 0.825. The standard InChI is InChI=1S/C17H29N3O/c1-15-13-20(12-11-19(15)3)10-9-17(14-21,18-2)16-7-5-4-6-8-16/h4-8,15,18,21H,9-14H2,1-3H3. The molecule has 2 unspecified atom stereocenters. The first-order valence-corrected chi connectivity index (χ1v) is 7.89. The predicted octanol–water partition coefficient (Wildman–Crippen LogP) is 1.12. The molecule has 2 N–H and O–H groups in total. The lowest BCUT2D eigenvalue weighted by molar-refractivity contribution is 0.0842. The third-order valence-corrected chi connectivity index (χ3v) is 4.97. The van der Waals surface area contributed by atoms with Gasteiger partial charge >= 0.3 is 0 Å². The number of hydrogen-bond acceptors (Lipinski definition) is 4. The minimum atomic E-state index is -0.339. The van der Waals surface area contributed by atoms with Gasteiger partial charge in [-0.1, -0.05) is 30.3 Å². The predicted molar refractivity (Wildman–Crippen MR) is 87.4 cm³/mol. The zero-order valence-electron chi connectivity index (χ0n) is 13.5. The Morgan fingerprint density at radius 3 is 2.57 bits per heavy atom. The molecule has 1 saturated heterocycles. The summed E-state index contributed by atoms with van der Waals surface area (Å²) in [6, 6.07) is 10.9. The van der Waals surface area contributed by atoms with Crippen molar-refractivity contribution in [1.29, 1.82) is 0 Å². The third kappa shape index (κ3) is 3.83. The molecule has 4 heteroatoms. The molecule has 0 saturated carbocycles. The molecule has 1 aromatic rings. The van der Waals surface area contributed by atoms with Crippen molar-refractivity contribution in [3.63, 3.8) is 0 Å². The highest BCUT2D eigenvalue weighted by Crippen LogP contribution is 2.25. The molecule has 1 aliphatic heterocycles. The van der Waals surface area contributed by atoms with Crippen molar-refractivity contribution in [2.24, 2.45) is 0 Å². The Balaban J connectivity index is 2.01. The van der Waals surface area contributed by atoms with E-state index in [1.807, 2.05) is 25.2 Å². The summed E-state index contributed by atoms with van der Waals surface area (Å²) in [4.78, 5) is 4.92. The number of rotatable bonds is 6. The van der Waals surface area contributed by atoms with Gasteiger partial charge in [-0.25, -0.2) is 0 Å². The average molecular weight is 291 g/mol. The fraction of sp³-hybridized carbons (Fsp3) is 0.647. The van der Waals surface area contributed by atoms with Crippen molar-refractivity contribution in [2.45, 2.75) is 24.9 Å². The van der Waals surface area contributed by atoms with Crippen LogP contribution in [0.2, 0.25) is 0 Å². The second-order valence-corrected chi connectivity index (χ2v) is 6.24. The van der Waals surface area contributed by atoms with Gasteiger partial charge in [0.1, 0.15) is 0 Å². The number of nitrogens with zero attached hydrogens (tertiary/aromatic N) is 2. The lowest BCUT2D eigenvalue weighted by Gasteiger charge is -2.40. The quantitative estimate of drug-likeness (QED) is 0.824. The lowest BCUT2D eigenvalue weighted by Crippen LogP contribution is -2.52. The van der Waals surface area contributed by atoms with Gasteiger partial charge in [0.15, 0.2) is 0 Å². The van der Waals surface area contributed by atoms with E-state index in [9.17, 15) is 5.11 Å². The number of aliphatic hydroxyl groups is 1. The monoisotopic (exact) mass is 291 g/mol. The highest BCUT2D eigenvalue weighted by atomic mass is 16.3. The van der Waals surface area contributed by atoms with Gasteiger partial charge in [0, 0.05) is 32.2 Å². The van der Waals surface area contributed by atoms with Gasteiger partial charge in [-0.15, -0.1) is 0 Å². The Morgan fingerprint density at radius 2 is 2.00 bits per heavy atom. The van der Waals surface area contributed by atoms with E-state index in [-0.39, 0.29) is 12.1 Å². The summed E-state index contributed by atoms with van der Waals surface area (Å²) in [6.07, 6.45) is 0.917. The van der Waals surface area contributed by atoms with E-state index in [2.05, 4.69) is 41.2 Å². The fourth-order valence-electron chi connectivity index (χ4n) is 3.10. The molecule has 1 fully saturated rings. The van der Waals surface area contributed by atoms with Crippen molar-refractivity contribution in [3.8, 4) is 0 Å². The zero-order valence-corrected chi connectivity index (χ0v) is 13.5. The van der Waals surface area contributed by atoms with Gasteiger partial charge in [0.25, 0.3) is 0 Å². The summed E-state index contributed by atoms with van der Waals surface area (Å²) in [5, 5.41) is 13.3. The van der Waals surface area contributed by atoms with E-state index in [4.69, 9.17) is 0 Å². The van der Waals surface area contributed by atoms with Crippen LogP contribution in [0.5, 0.6) is 0 Å². The van der Waals surface area contributed by atoms with Crippen molar-refractivity contribution in [2.75, 3.05) is 46.9 Å². The number of aliphatic hydroxyl groups excluding tert-OH is 1. The Kier molecular flexibility index (Phi) is 5.76. The molecule has 0 spiro atoms. The first-order chi connectivity index (χ1) is 10.1. The van der Waals surface area contributed by atoms with Crippen molar-refractivity contribution in [1.82, 2.24) is 15.1 Å². The highest BCUT2D eigenvalue weighted by molar-refractivity contribution is 5.24. The molecule has 1 aromatic carbocycles. The van der Waals surface area contributed by atoms with Crippen molar-refractivity contribution in [3.05, 3.63) is 35.9 Å². The van der Waals surface area contributed by atoms with E-state index >= 15 is 0 Å². The topological polar surface area (TPSA) is 38.7 Å². The summed E-state index contributed by atoms with van der Waals surface area (Å²) in [5.74, 6) is 0. The first kappa shape index (κ1) is 16.4. The second-order valence-electron chi connectivity index (χ2n) is 6.24. The van der Waals surface area contributed by atoms with Crippen molar-refractivity contribution >= 4 is 0 Å². The van der Waals surface area contributed by atoms with Crippen LogP contribution >= 0.6 is 0 Å². The van der Waals surface area contributed by atoms with Gasteiger partial charge in [0.2, 0.25) is 0 Å². The van der Waals surface area contributed by atoms with Gasteiger partial charge < -0.3 is 20.2 Å². The average Bonchev–Trinajstić information content (AvgIpc) is 2.53. The third-order valence-electron chi connectivity index (χ3n) is 4.97. The van der Waals surface area contributed by atoms with Crippen molar-refractivity contribution < 1.29 is 5.11 Å². The molecule has 0 amide bonds. The largest absolute Gasteiger partial charge is 0.394 e. The highest BCUT2D eigenvalue weighted by Gasteiger charge is 2.31.